The van der Waals surface area contributed by atoms with Gasteiger partial charge in [-0.1, -0.05) is 47.5 Å². The number of rotatable bonds is 6. The first-order chi connectivity index (χ1) is 15.8. The highest BCUT2D eigenvalue weighted by Gasteiger charge is 2.18. The van der Waals surface area contributed by atoms with Gasteiger partial charge in [0, 0.05) is 0 Å². The first-order valence-electron chi connectivity index (χ1n) is 9.36. The number of nitriles is 1. The molecule has 9 heteroatoms. The minimum Gasteiger partial charge on any atom is -0.493 e. The monoisotopic (exact) mass is 544 g/mol. The lowest BCUT2D eigenvalue weighted by molar-refractivity contribution is -0.112. The summed E-state index contributed by atoms with van der Waals surface area (Å²) in [4.78, 5) is 25.1. The Labute approximate surface area is 208 Å². The number of nitrogens with one attached hydrogen (secondary N) is 1. The van der Waals surface area contributed by atoms with Gasteiger partial charge in [0.15, 0.2) is 11.5 Å². The Hall–Kier alpha value is -3.31. The number of halogens is 3. The minimum atomic E-state index is -0.692. The van der Waals surface area contributed by atoms with Crippen molar-refractivity contribution in [3.8, 4) is 17.6 Å². The summed E-state index contributed by atoms with van der Waals surface area (Å²) in [7, 11) is 1.41. The van der Waals surface area contributed by atoms with Crippen LogP contribution in [0.25, 0.3) is 6.08 Å². The van der Waals surface area contributed by atoms with Crippen LogP contribution in [0.15, 0.2) is 70.7 Å². The number of carbonyl (C=O) groups is 2. The van der Waals surface area contributed by atoms with Gasteiger partial charge in [-0.2, -0.15) is 5.26 Å². The van der Waals surface area contributed by atoms with Crippen molar-refractivity contribution in [1.29, 1.82) is 5.26 Å². The molecule has 0 saturated heterocycles. The van der Waals surface area contributed by atoms with Gasteiger partial charge in [-0.05, 0) is 64.0 Å². The second kappa shape index (κ2) is 11.0. The number of nitrogens with zero attached hydrogens (tertiary/aromatic N) is 1. The normalized spacial score (nSPS) is 10.8. The van der Waals surface area contributed by atoms with Gasteiger partial charge in [-0.3, -0.25) is 4.79 Å². The molecule has 1 amide bonds. The van der Waals surface area contributed by atoms with E-state index in [-0.39, 0.29) is 32.8 Å². The Balaban J connectivity index is 1.89. The molecule has 3 rings (SSSR count). The molecule has 0 heterocycles. The van der Waals surface area contributed by atoms with E-state index >= 15 is 0 Å². The SMILES string of the molecule is COc1cc(/C=C(\C#N)C(=O)Nc2c(Cl)cccc2Cl)cc(Br)c1OC(=O)c1ccccc1. The summed E-state index contributed by atoms with van der Waals surface area (Å²) in [5, 5.41) is 12.5. The molecule has 3 aromatic carbocycles. The molecule has 0 spiro atoms. The third-order valence-corrected chi connectivity index (χ3v) is 5.55. The lowest BCUT2D eigenvalue weighted by Gasteiger charge is -2.13. The van der Waals surface area contributed by atoms with Crippen molar-refractivity contribution in [2.24, 2.45) is 0 Å². The van der Waals surface area contributed by atoms with Crippen molar-refractivity contribution in [2.45, 2.75) is 0 Å². The maximum absolute atomic E-state index is 12.6. The molecule has 6 nitrogen and oxygen atoms in total. The average Bonchev–Trinajstić information content (AvgIpc) is 2.81. The van der Waals surface area contributed by atoms with Crippen LogP contribution < -0.4 is 14.8 Å². The first kappa shape index (κ1) is 24.3. The van der Waals surface area contributed by atoms with Gasteiger partial charge in [-0.15, -0.1) is 0 Å². The van der Waals surface area contributed by atoms with Crippen molar-refractivity contribution in [3.63, 3.8) is 0 Å². The fraction of sp³-hybridized carbons (Fsp3) is 0.0417. The van der Waals surface area contributed by atoms with Crippen molar-refractivity contribution in [2.75, 3.05) is 12.4 Å². The molecule has 1 N–H and O–H groups in total. The fourth-order valence-corrected chi connectivity index (χ4v) is 3.79. The summed E-state index contributed by atoms with van der Waals surface area (Å²) in [6, 6.07) is 18.2. The molecule has 166 valence electrons. The molecule has 0 fully saturated rings. The van der Waals surface area contributed by atoms with Gasteiger partial charge in [0.1, 0.15) is 11.6 Å². The Morgan fingerprint density at radius 2 is 1.73 bits per heavy atom. The number of para-hydroxylation sites is 1. The maximum atomic E-state index is 12.6. The molecule has 3 aromatic rings. The summed E-state index contributed by atoms with van der Waals surface area (Å²) in [5.74, 6) is -0.866. The van der Waals surface area contributed by atoms with Crippen LogP contribution in [-0.4, -0.2) is 19.0 Å². The van der Waals surface area contributed by atoms with Crippen molar-refractivity contribution < 1.29 is 19.1 Å². The molecule has 0 saturated carbocycles. The van der Waals surface area contributed by atoms with E-state index in [2.05, 4.69) is 21.2 Å². The second-order valence-electron chi connectivity index (χ2n) is 6.51. The van der Waals surface area contributed by atoms with E-state index in [0.29, 0.717) is 15.6 Å². The van der Waals surface area contributed by atoms with Crippen LogP contribution in [0.4, 0.5) is 5.69 Å². The lowest BCUT2D eigenvalue weighted by Crippen LogP contribution is -2.14. The van der Waals surface area contributed by atoms with Crippen LogP contribution in [0, 0.1) is 11.3 Å². The van der Waals surface area contributed by atoms with E-state index in [1.54, 1.807) is 54.6 Å². The van der Waals surface area contributed by atoms with Crippen molar-refractivity contribution >= 4 is 62.8 Å². The van der Waals surface area contributed by atoms with Gasteiger partial charge in [0.05, 0.1) is 32.9 Å². The summed E-state index contributed by atoms with van der Waals surface area (Å²) >= 11 is 15.5. The van der Waals surface area contributed by atoms with Gasteiger partial charge in [-0.25, -0.2) is 4.79 Å². The summed E-state index contributed by atoms with van der Waals surface area (Å²) in [6.07, 6.45) is 1.36. The molecule has 0 aliphatic carbocycles. The molecule has 0 aliphatic rings. The van der Waals surface area contributed by atoms with Gasteiger partial charge in [0.2, 0.25) is 0 Å². The van der Waals surface area contributed by atoms with Gasteiger partial charge >= 0.3 is 5.97 Å². The lowest BCUT2D eigenvalue weighted by atomic mass is 10.1. The van der Waals surface area contributed by atoms with Gasteiger partial charge in [0.25, 0.3) is 5.91 Å². The van der Waals surface area contributed by atoms with E-state index in [1.165, 1.54) is 19.3 Å². The Morgan fingerprint density at radius 3 is 2.33 bits per heavy atom. The zero-order valence-corrected chi connectivity index (χ0v) is 20.2. The van der Waals surface area contributed by atoms with E-state index in [0.717, 1.165) is 0 Å². The highest BCUT2D eigenvalue weighted by molar-refractivity contribution is 9.10. The van der Waals surface area contributed by atoms with Crippen LogP contribution in [0.1, 0.15) is 15.9 Å². The minimum absolute atomic E-state index is 0.161. The summed E-state index contributed by atoms with van der Waals surface area (Å²) in [6.45, 7) is 0. The van der Waals surface area contributed by atoms with Crippen LogP contribution in [0.3, 0.4) is 0 Å². The number of ether oxygens (including phenoxy) is 2. The van der Waals surface area contributed by atoms with E-state index in [1.807, 2.05) is 6.07 Å². The maximum Gasteiger partial charge on any atom is 0.343 e. The Morgan fingerprint density at radius 1 is 1.06 bits per heavy atom. The Kier molecular flexibility index (Phi) is 8.12. The second-order valence-corrected chi connectivity index (χ2v) is 8.18. The highest BCUT2D eigenvalue weighted by Crippen LogP contribution is 2.38. The average molecular weight is 546 g/mol. The topological polar surface area (TPSA) is 88.4 Å². The molecule has 0 atom stereocenters. The number of amides is 1. The highest BCUT2D eigenvalue weighted by atomic mass is 79.9. The molecule has 0 radical (unpaired) electrons. The molecule has 0 aromatic heterocycles. The van der Waals surface area contributed by atoms with Crippen LogP contribution >= 0.6 is 39.1 Å². The van der Waals surface area contributed by atoms with Crippen molar-refractivity contribution in [1.82, 2.24) is 0 Å². The smallest absolute Gasteiger partial charge is 0.343 e. The number of carbonyl (C=O) groups excluding carboxylic acids is 2. The molecule has 0 aliphatic heterocycles. The number of methoxy groups -OCH3 is 1. The zero-order valence-electron chi connectivity index (χ0n) is 17.1. The largest absolute Gasteiger partial charge is 0.493 e. The molecule has 0 bridgehead atoms. The molecular weight excluding hydrogens is 531 g/mol. The molecule has 33 heavy (non-hydrogen) atoms. The third-order valence-electron chi connectivity index (χ3n) is 4.33. The van der Waals surface area contributed by atoms with Crippen LogP contribution in [0.2, 0.25) is 10.0 Å². The Bertz CT molecular complexity index is 1270. The molecular formula is C24H15BrCl2N2O4. The van der Waals surface area contributed by atoms with Crippen LogP contribution in [-0.2, 0) is 4.79 Å². The predicted molar refractivity (Wildman–Crippen MR) is 131 cm³/mol. The summed E-state index contributed by atoms with van der Waals surface area (Å²) < 4.78 is 11.2. The number of esters is 1. The standard InChI is InChI=1S/C24H15BrCl2N2O4/c1-32-20-12-14(11-17(25)22(20)33-24(31)15-6-3-2-4-7-15)10-16(13-28)23(30)29-21-18(26)8-5-9-19(21)27/h2-12H,1H3,(H,29,30)/b16-10+. The predicted octanol–water partition coefficient (Wildman–Crippen LogP) is 6.53. The van der Waals surface area contributed by atoms with Crippen molar-refractivity contribution in [3.05, 3.63) is 91.9 Å². The number of benzene rings is 3. The number of hydrogen-bond donors (Lipinski definition) is 1. The first-order valence-corrected chi connectivity index (χ1v) is 10.9. The van der Waals surface area contributed by atoms with E-state index in [9.17, 15) is 14.9 Å². The van der Waals surface area contributed by atoms with E-state index < -0.39 is 11.9 Å². The fourth-order valence-electron chi connectivity index (χ4n) is 2.76. The number of anilines is 1. The van der Waals surface area contributed by atoms with Crippen LogP contribution in [0.5, 0.6) is 11.5 Å². The molecule has 0 unspecified atom stereocenters. The number of hydrogen-bond acceptors (Lipinski definition) is 5. The quantitative estimate of drug-likeness (QED) is 0.165. The summed E-state index contributed by atoms with van der Waals surface area (Å²) in [5.41, 5.74) is 0.829. The van der Waals surface area contributed by atoms with Gasteiger partial charge < -0.3 is 14.8 Å². The van der Waals surface area contributed by atoms with E-state index in [4.69, 9.17) is 32.7 Å². The third kappa shape index (κ3) is 5.93. The zero-order chi connectivity index (χ0) is 24.0.